The minimum absolute atomic E-state index is 0.0209. The first kappa shape index (κ1) is 18.8. The maximum absolute atomic E-state index is 12.0. The van der Waals surface area contributed by atoms with Gasteiger partial charge in [0.15, 0.2) is 5.78 Å². The van der Waals surface area contributed by atoms with Crippen LogP contribution in [-0.2, 0) is 22.6 Å². The van der Waals surface area contributed by atoms with E-state index in [2.05, 4.69) is 10.1 Å². The fraction of sp³-hybridized carbons (Fsp3) is 0.263. The lowest BCUT2D eigenvalue weighted by molar-refractivity contribution is -0.145. The summed E-state index contributed by atoms with van der Waals surface area (Å²) in [7, 11) is 1.52. The molecule has 0 amide bonds. The standard InChI is InChI=1S/C19H18N2O5S/c1-12(22)13-3-4-16(24-2)15(9-13)10-25-18(23)6-5-17-20-19(21-26-17)14-7-8-27-11-14/h3-4,7-9,11H,5-6,10H2,1-2H3. The third-order valence-electron chi connectivity index (χ3n) is 3.87. The van der Waals surface area contributed by atoms with Crippen molar-refractivity contribution in [3.05, 3.63) is 52.0 Å². The lowest BCUT2D eigenvalue weighted by Crippen LogP contribution is -2.07. The lowest BCUT2D eigenvalue weighted by Gasteiger charge is -2.10. The summed E-state index contributed by atoms with van der Waals surface area (Å²) in [6.45, 7) is 1.50. The molecule has 0 atom stereocenters. The monoisotopic (exact) mass is 386 g/mol. The van der Waals surface area contributed by atoms with Crippen molar-refractivity contribution in [2.75, 3.05) is 7.11 Å². The number of ketones is 1. The minimum atomic E-state index is -0.402. The average molecular weight is 386 g/mol. The van der Waals surface area contributed by atoms with Gasteiger partial charge in [-0.3, -0.25) is 9.59 Å². The Kier molecular flexibility index (Phi) is 5.97. The number of hydrogen-bond acceptors (Lipinski definition) is 8. The lowest BCUT2D eigenvalue weighted by atomic mass is 10.1. The number of carbonyl (C=O) groups excluding carboxylic acids is 2. The number of carbonyl (C=O) groups is 2. The minimum Gasteiger partial charge on any atom is -0.496 e. The Hall–Kier alpha value is -3.00. The van der Waals surface area contributed by atoms with Crippen molar-refractivity contribution in [3.8, 4) is 17.1 Å². The highest BCUT2D eigenvalue weighted by Gasteiger charge is 2.13. The van der Waals surface area contributed by atoms with E-state index in [4.69, 9.17) is 14.0 Å². The smallest absolute Gasteiger partial charge is 0.306 e. The van der Waals surface area contributed by atoms with Crippen LogP contribution < -0.4 is 4.74 Å². The first-order chi connectivity index (χ1) is 13.1. The van der Waals surface area contributed by atoms with E-state index in [0.717, 1.165) is 5.56 Å². The second-order valence-corrected chi connectivity index (χ2v) is 6.55. The van der Waals surface area contributed by atoms with E-state index in [0.29, 0.717) is 35.0 Å². The Balaban J connectivity index is 1.54. The number of aromatic nitrogens is 2. The molecule has 2 aromatic heterocycles. The van der Waals surface area contributed by atoms with E-state index in [1.807, 2.05) is 16.8 Å². The van der Waals surface area contributed by atoms with Gasteiger partial charge in [-0.15, -0.1) is 0 Å². The molecule has 7 nitrogen and oxygen atoms in total. The van der Waals surface area contributed by atoms with Gasteiger partial charge < -0.3 is 14.0 Å². The Morgan fingerprint density at radius 2 is 2.11 bits per heavy atom. The van der Waals surface area contributed by atoms with Gasteiger partial charge in [0.2, 0.25) is 11.7 Å². The second kappa shape index (κ2) is 8.59. The van der Waals surface area contributed by atoms with Crippen molar-refractivity contribution in [3.63, 3.8) is 0 Å². The van der Waals surface area contributed by atoms with E-state index in [9.17, 15) is 9.59 Å². The molecule has 0 unspecified atom stereocenters. The van der Waals surface area contributed by atoms with Gasteiger partial charge in [0.1, 0.15) is 12.4 Å². The maximum atomic E-state index is 12.0. The number of rotatable bonds is 8. The van der Waals surface area contributed by atoms with Crippen molar-refractivity contribution in [2.45, 2.75) is 26.4 Å². The molecule has 0 saturated carbocycles. The van der Waals surface area contributed by atoms with E-state index in [1.54, 1.807) is 29.5 Å². The molecule has 0 radical (unpaired) electrons. The van der Waals surface area contributed by atoms with E-state index in [1.165, 1.54) is 14.0 Å². The van der Waals surface area contributed by atoms with Crippen LogP contribution in [0.5, 0.6) is 5.75 Å². The molecule has 8 heteroatoms. The Morgan fingerprint density at radius 3 is 2.81 bits per heavy atom. The van der Waals surface area contributed by atoms with Crippen LogP contribution in [0.25, 0.3) is 11.4 Å². The number of Topliss-reactive ketones (excluding diaryl/α,β-unsaturated/α-hetero) is 1. The molecule has 0 aliphatic rings. The molecule has 1 aromatic carbocycles. The molecule has 0 spiro atoms. The summed E-state index contributed by atoms with van der Waals surface area (Å²) in [6.07, 6.45) is 0.403. The van der Waals surface area contributed by atoms with Crippen LogP contribution >= 0.6 is 11.3 Å². The Bertz CT molecular complexity index is 933. The van der Waals surface area contributed by atoms with Gasteiger partial charge in [0.05, 0.1) is 13.5 Å². The number of hydrogen-bond donors (Lipinski definition) is 0. The summed E-state index contributed by atoms with van der Waals surface area (Å²) in [5.41, 5.74) is 2.06. The molecule has 0 aliphatic heterocycles. The van der Waals surface area contributed by atoms with Crippen molar-refractivity contribution in [1.29, 1.82) is 0 Å². The fourth-order valence-corrected chi connectivity index (χ4v) is 3.05. The largest absolute Gasteiger partial charge is 0.496 e. The molecule has 27 heavy (non-hydrogen) atoms. The predicted octanol–water partition coefficient (Wildman–Crippen LogP) is 3.69. The third-order valence-corrected chi connectivity index (χ3v) is 4.55. The van der Waals surface area contributed by atoms with Gasteiger partial charge in [-0.05, 0) is 36.6 Å². The average Bonchev–Trinajstić information content (AvgIpc) is 3.35. The van der Waals surface area contributed by atoms with E-state index < -0.39 is 5.97 Å². The summed E-state index contributed by atoms with van der Waals surface area (Å²) < 4.78 is 15.7. The molecule has 2 heterocycles. The summed E-state index contributed by atoms with van der Waals surface area (Å²) in [4.78, 5) is 27.8. The molecule has 140 valence electrons. The Morgan fingerprint density at radius 1 is 1.26 bits per heavy atom. The number of aryl methyl sites for hydroxylation is 1. The molecule has 3 rings (SSSR count). The van der Waals surface area contributed by atoms with E-state index >= 15 is 0 Å². The van der Waals surface area contributed by atoms with Gasteiger partial charge >= 0.3 is 5.97 Å². The van der Waals surface area contributed by atoms with Crippen molar-refractivity contribution in [1.82, 2.24) is 10.1 Å². The molecule has 0 bridgehead atoms. The zero-order chi connectivity index (χ0) is 19.2. The number of methoxy groups -OCH3 is 1. The summed E-state index contributed by atoms with van der Waals surface area (Å²) in [6, 6.07) is 6.92. The first-order valence-electron chi connectivity index (χ1n) is 8.25. The number of nitrogens with zero attached hydrogens (tertiary/aromatic N) is 2. The predicted molar refractivity (Wildman–Crippen MR) is 98.7 cm³/mol. The molecule has 0 aliphatic carbocycles. The van der Waals surface area contributed by atoms with Crippen LogP contribution in [0.1, 0.15) is 35.2 Å². The number of thiophene rings is 1. The summed E-state index contributed by atoms with van der Waals surface area (Å²) in [5.74, 6) is 0.975. The highest BCUT2D eigenvalue weighted by Crippen LogP contribution is 2.22. The van der Waals surface area contributed by atoms with Gasteiger partial charge in [-0.25, -0.2) is 0 Å². The van der Waals surface area contributed by atoms with Crippen molar-refractivity contribution >= 4 is 23.1 Å². The molecule has 0 fully saturated rings. The quantitative estimate of drug-likeness (QED) is 0.431. The van der Waals surface area contributed by atoms with Crippen LogP contribution in [0.4, 0.5) is 0 Å². The number of benzene rings is 1. The normalized spacial score (nSPS) is 10.6. The highest BCUT2D eigenvalue weighted by atomic mass is 32.1. The van der Waals surface area contributed by atoms with Gasteiger partial charge in [0.25, 0.3) is 0 Å². The molecule has 0 saturated heterocycles. The molecule has 0 N–H and O–H groups in total. The van der Waals surface area contributed by atoms with Gasteiger partial charge in [-0.2, -0.15) is 16.3 Å². The first-order valence-corrected chi connectivity index (χ1v) is 9.19. The SMILES string of the molecule is COc1ccc(C(C)=O)cc1COC(=O)CCc1nc(-c2ccsc2)no1. The highest BCUT2D eigenvalue weighted by molar-refractivity contribution is 7.08. The third kappa shape index (κ3) is 4.79. The number of ether oxygens (including phenoxy) is 2. The molecular formula is C19H18N2O5S. The summed E-state index contributed by atoms with van der Waals surface area (Å²) >= 11 is 1.54. The zero-order valence-corrected chi connectivity index (χ0v) is 15.7. The van der Waals surface area contributed by atoms with Gasteiger partial charge in [0, 0.05) is 28.5 Å². The van der Waals surface area contributed by atoms with Crippen molar-refractivity contribution in [2.24, 2.45) is 0 Å². The van der Waals surface area contributed by atoms with Crippen LogP contribution in [0.15, 0.2) is 39.5 Å². The van der Waals surface area contributed by atoms with Gasteiger partial charge in [-0.1, -0.05) is 5.16 Å². The van der Waals surface area contributed by atoms with Crippen LogP contribution in [0.3, 0.4) is 0 Å². The van der Waals surface area contributed by atoms with Crippen LogP contribution in [-0.4, -0.2) is 29.0 Å². The molecule has 3 aromatic rings. The van der Waals surface area contributed by atoms with Crippen molar-refractivity contribution < 1.29 is 23.6 Å². The second-order valence-electron chi connectivity index (χ2n) is 5.77. The van der Waals surface area contributed by atoms with E-state index in [-0.39, 0.29) is 18.8 Å². The Labute approximate surface area is 159 Å². The topological polar surface area (TPSA) is 91.5 Å². The number of esters is 1. The molecular weight excluding hydrogens is 368 g/mol. The zero-order valence-electron chi connectivity index (χ0n) is 14.9. The van der Waals surface area contributed by atoms with Crippen LogP contribution in [0.2, 0.25) is 0 Å². The summed E-state index contributed by atoms with van der Waals surface area (Å²) in [5, 5.41) is 7.75. The maximum Gasteiger partial charge on any atom is 0.306 e. The fourth-order valence-electron chi connectivity index (χ4n) is 2.42. The van der Waals surface area contributed by atoms with Crippen LogP contribution in [0, 0.1) is 0 Å².